The Morgan fingerprint density at radius 3 is 2.28 bits per heavy atom. The van der Waals surface area contributed by atoms with Crippen molar-refractivity contribution in [1.29, 1.82) is 0 Å². The number of carbonyl (C=O) groups excluding carboxylic acids is 1. The van der Waals surface area contributed by atoms with Crippen LogP contribution in [0.1, 0.15) is 38.3 Å². The van der Waals surface area contributed by atoms with Crippen LogP contribution in [0.2, 0.25) is 0 Å². The van der Waals surface area contributed by atoms with E-state index < -0.39 is 0 Å². The molecule has 0 aromatic heterocycles. The summed E-state index contributed by atoms with van der Waals surface area (Å²) in [5, 5.41) is 2.93. The maximum atomic E-state index is 11.7. The van der Waals surface area contributed by atoms with Gasteiger partial charge in [0.25, 0.3) is 0 Å². The molecule has 0 fully saturated rings. The zero-order chi connectivity index (χ0) is 13.6. The molecule has 0 radical (unpaired) electrons. The Bertz CT molecular complexity index is 382. The van der Waals surface area contributed by atoms with Crippen LogP contribution in [0.4, 0.5) is 0 Å². The molecular weight excluding hydrogens is 224 g/mol. The van der Waals surface area contributed by atoms with E-state index in [9.17, 15) is 4.79 Å². The van der Waals surface area contributed by atoms with Gasteiger partial charge >= 0.3 is 0 Å². The highest BCUT2D eigenvalue weighted by molar-refractivity contribution is 5.77. The molecule has 0 saturated heterocycles. The van der Waals surface area contributed by atoms with Crippen molar-refractivity contribution in [2.75, 3.05) is 6.54 Å². The van der Waals surface area contributed by atoms with Gasteiger partial charge < -0.3 is 11.1 Å². The highest BCUT2D eigenvalue weighted by atomic mass is 16.1. The Morgan fingerprint density at radius 2 is 1.78 bits per heavy atom. The molecule has 0 bridgehead atoms. The standard InChI is InChI=1S/C15H24N2O/c1-4-12-5-7-13(8-6-12)9-10-14(18)17-15(2,3)11-16/h5-8H,4,9-11,16H2,1-3H3,(H,17,18). The largest absolute Gasteiger partial charge is 0.350 e. The Morgan fingerprint density at radius 1 is 1.22 bits per heavy atom. The monoisotopic (exact) mass is 248 g/mol. The number of benzene rings is 1. The molecule has 18 heavy (non-hydrogen) atoms. The van der Waals surface area contributed by atoms with Crippen molar-refractivity contribution in [3.8, 4) is 0 Å². The summed E-state index contributed by atoms with van der Waals surface area (Å²) in [4.78, 5) is 11.7. The SMILES string of the molecule is CCc1ccc(CCC(=O)NC(C)(C)CN)cc1. The first kappa shape index (κ1) is 14.7. The molecule has 0 heterocycles. The molecule has 3 heteroatoms. The average molecular weight is 248 g/mol. The fourth-order valence-corrected chi connectivity index (χ4v) is 1.69. The van der Waals surface area contributed by atoms with Crippen molar-refractivity contribution < 1.29 is 4.79 Å². The topological polar surface area (TPSA) is 55.1 Å². The first-order valence-corrected chi connectivity index (χ1v) is 6.56. The van der Waals surface area contributed by atoms with Crippen LogP contribution in [0.3, 0.4) is 0 Å². The van der Waals surface area contributed by atoms with E-state index in [0.29, 0.717) is 13.0 Å². The quantitative estimate of drug-likeness (QED) is 0.809. The lowest BCUT2D eigenvalue weighted by Gasteiger charge is -2.24. The van der Waals surface area contributed by atoms with Crippen molar-refractivity contribution >= 4 is 5.91 Å². The fraction of sp³-hybridized carbons (Fsp3) is 0.533. The van der Waals surface area contributed by atoms with E-state index in [-0.39, 0.29) is 11.4 Å². The average Bonchev–Trinajstić information content (AvgIpc) is 2.36. The lowest BCUT2D eigenvalue weighted by Crippen LogP contribution is -2.48. The minimum absolute atomic E-state index is 0.0602. The minimum atomic E-state index is -0.316. The number of rotatable bonds is 6. The van der Waals surface area contributed by atoms with E-state index in [2.05, 4.69) is 36.5 Å². The molecule has 0 aliphatic carbocycles. The second kappa shape index (κ2) is 6.55. The number of carbonyl (C=O) groups is 1. The second-order valence-electron chi connectivity index (χ2n) is 5.31. The zero-order valence-electron chi connectivity index (χ0n) is 11.6. The van der Waals surface area contributed by atoms with Gasteiger partial charge in [-0.2, -0.15) is 0 Å². The summed E-state index contributed by atoms with van der Waals surface area (Å²) >= 11 is 0. The van der Waals surface area contributed by atoms with Gasteiger partial charge in [-0.3, -0.25) is 4.79 Å². The summed E-state index contributed by atoms with van der Waals surface area (Å²) in [6.07, 6.45) is 2.33. The number of amides is 1. The van der Waals surface area contributed by atoms with Crippen LogP contribution in [0, 0.1) is 0 Å². The predicted molar refractivity (Wildman–Crippen MR) is 75.4 cm³/mol. The number of nitrogens with one attached hydrogen (secondary N) is 1. The Hall–Kier alpha value is -1.35. The molecule has 0 atom stereocenters. The highest BCUT2D eigenvalue weighted by Gasteiger charge is 2.17. The van der Waals surface area contributed by atoms with Gasteiger partial charge in [-0.25, -0.2) is 0 Å². The molecule has 3 N–H and O–H groups in total. The normalized spacial score (nSPS) is 11.3. The van der Waals surface area contributed by atoms with Crippen LogP contribution in [0.5, 0.6) is 0 Å². The number of aryl methyl sites for hydroxylation is 2. The summed E-state index contributed by atoms with van der Waals surface area (Å²) in [6, 6.07) is 8.44. The van der Waals surface area contributed by atoms with Gasteiger partial charge in [0.1, 0.15) is 0 Å². The third kappa shape index (κ3) is 4.88. The fourth-order valence-electron chi connectivity index (χ4n) is 1.69. The van der Waals surface area contributed by atoms with E-state index in [1.54, 1.807) is 0 Å². The molecule has 0 saturated carbocycles. The lowest BCUT2D eigenvalue weighted by atomic mass is 10.0. The molecular formula is C15H24N2O. The van der Waals surface area contributed by atoms with Crippen LogP contribution < -0.4 is 11.1 Å². The molecule has 1 aromatic carbocycles. The van der Waals surface area contributed by atoms with E-state index in [1.165, 1.54) is 11.1 Å². The molecule has 0 unspecified atom stereocenters. The van der Waals surface area contributed by atoms with Gasteiger partial charge in [-0.15, -0.1) is 0 Å². The lowest BCUT2D eigenvalue weighted by molar-refractivity contribution is -0.122. The van der Waals surface area contributed by atoms with E-state index in [1.807, 2.05) is 13.8 Å². The van der Waals surface area contributed by atoms with Gasteiger partial charge in [-0.1, -0.05) is 31.2 Å². The molecule has 0 aliphatic heterocycles. The van der Waals surface area contributed by atoms with Crippen LogP contribution in [-0.4, -0.2) is 18.0 Å². The van der Waals surface area contributed by atoms with E-state index in [4.69, 9.17) is 5.73 Å². The predicted octanol–water partition coefficient (Wildman–Crippen LogP) is 2.04. The van der Waals surface area contributed by atoms with Gasteiger partial charge in [0.15, 0.2) is 0 Å². The third-order valence-electron chi connectivity index (χ3n) is 3.06. The van der Waals surface area contributed by atoms with Crippen molar-refractivity contribution in [3.63, 3.8) is 0 Å². The van der Waals surface area contributed by atoms with E-state index >= 15 is 0 Å². The summed E-state index contributed by atoms with van der Waals surface area (Å²) in [6.45, 7) is 6.45. The highest BCUT2D eigenvalue weighted by Crippen LogP contribution is 2.08. The smallest absolute Gasteiger partial charge is 0.220 e. The number of hydrogen-bond acceptors (Lipinski definition) is 2. The van der Waals surface area contributed by atoms with Crippen molar-refractivity contribution in [1.82, 2.24) is 5.32 Å². The van der Waals surface area contributed by atoms with Crippen molar-refractivity contribution in [3.05, 3.63) is 35.4 Å². The molecule has 0 spiro atoms. The number of nitrogens with two attached hydrogens (primary N) is 1. The van der Waals surface area contributed by atoms with Gasteiger partial charge in [0, 0.05) is 18.5 Å². The third-order valence-corrected chi connectivity index (χ3v) is 3.06. The number of hydrogen-bond donors (Lipinski definition) is 2. The van der Waals surface area contributed by atoms with Crippen LogP contribution >= 0.6 is 0 Å². The molecule has 100 valence electrons. The maximum absolute atomic E-state index is 11.7. The second-order valence-corrected chi connectivity index (χ2v) is 5.31. The van der Waals surface area contributed by atoms with Gasteiger partial charge in [0.05, 0.1) is 0 Å². The first-order valence-electron chi connectivity index (χ1n) is 6.56. The van der Waals surface area contributed by atoms with E-state index in [0.717, 1.165) is 12.8 Å². The summed E-state index contributed by atoms with van der Waals surface area (Å²) in [7, 11) is 0. The van der Waals surface area contributed by atoms with Crippen molar-refractivity contribution in [2.45, 2.75) is 45.6 Å². The molecule has 3 nitrogen and oxygen atoms in total. The van der Waals surface area contributed by atoms with Crippen molar-refractivity contribution in [2.24, 2.45) is 5.73 Å². The molecule has 0 aliphatic rings. The minimum Gasteiger partial charge on any atom is -0.350 e. The Kier molecular flexibility index (Phi) is 5.35. The molecule has 1 rings (SSSR count). The van der Waals surface area contributed by atoms with Gasteiger partial charge in [0.2, 0.25) is 5.91 Å². The van der Waals surface area contributed by atoms with Crippen LogP contribution in [0.15, 0.2) is 24.3 Å². The molecule has 1 aromatic rings. The maximum Gasteiger partial charge on any atom is 0.220 e. The first-order chi connectivity index (χ1) is 8.46. The van der Waals surface area contributed by atoms with Gasteiger partial charge in [-0.05, 0) is 37.8 Å². The summed E-state index contributed by atoms with van der Waals surface area (Å²) in [5.41, 5.74) is 7.79. The zero-order valence-corrected chi connectivity index (χ0v) is 11.6. The summed E-state index contributed by atoms with van der Waals surface area (Å²) < 4.78 is 0. The van der Waals surface area contributed by atoms with Crippen LogP contribution in [-0.2, 0) is 17.6 Å². The Labute approximate surface area is 110 Å². The molecule has 1 amide bonds. The van der Waals surface area contributed by atoms with Crippen LogP contribution in [0.25, 0.3) is 0 Å². The summed E-state index contributed by atoms with van der Waals surface area (Å²) in [5.74, 6) is 0.0602. The Balaban J connectivity index is 2.42.